The molecule has 0 saturated carbocycles. The van der Waals surface area contributed by atoms with Crippen molar-refractivity contribution in [1.29, 1.82) is 0 Å². The standard InChI is InChI=1S/C13H8ClF2NO2/c14-8-5-7(1-2-9(8)15)17-12-10(16)3-4-11-13(12)19-6-18-11/h1-5,17H,6H2. The monoisotopic (exact) mass is 283 g/mol. The van der Waals surface area contributed by atoms with Crippen molar-refractivity contribution in [2.24, 2.45) is 0 Å². The largest absolute Gasteiger partial charge is 0.454 e. The van der Waals surface area contributed by atoms with Crippen LogP contribution in [-0.4, -0.2) is 6.79 Å². The minimum Gasteiger partial charge on any atom is -0.454 e. The maximum Gasteiger partial charge on any atom is 0.231 e. The Hall–Kier alpha value is -2.01. The van der Waals surface area contributed by atoms with Crippen molar-refractivity contribution >= 4 is 23.0 Å². The first-order valence-corrected chi connectivity index (χ1v) is 5.83. The second kappa shape index (κ2) is 4.59. The molecule has 0 radical (unpaired) electrons. The highest BCUT2D eigenvalue weighted by atomic mass is 35.5. The van der Waals surface area contributed by atoms with Crippen LogP contribution in [-0.2, 0) is 0 Å². The molecule has 0 saturated heterocycles. The molecule has 0 fully saturated rings. The van der Waals surface area contributed by atoms with Gasteiger partial charge < -0.3 is 14.8 Å². The van der Waals surface area contributed by atoms with Crippen molar-refractivity contribution in [2.45, 2.75) is 0 Å². The van der Waals surface area contributed by atoms with Crippen LogP contribution in [0.15, 0.2) is 30.3 Å². The lowest BCUT2D eigenvalue weighted by Crippen LogP contribution is -1.97. The maximum absolute atomic E-state index is 13.8. The van der Waals surface area contributed by atoms with Gasteiger partial charge in [0.25, 0.3) is 0 Å². The second-order valence-electron chi connectivity index (χ2n) is 3.91. The number of ether oxygens (including phenoxy) is 2. The molecule has 1 aliphatic heterocycles. The van der Waals surface area contributed by atoms with Crippen LogP contribution in [0.3, 0.4) is 0 Å². The van der Waals surface area contributed by atoms with E-state index in [4.69, 9.17) is 21.1 Å². The van der Waals surface area contributed by atoms with Crippen LogP contribution < -0.4 is 14.8 Å². The van der Waals surface area contributed by atoms with Crippen molar-refractivity contribution in [3.8, 4) is 11.5 Å². The van der Waals surface area contributed by atoms with Gasteiger partial charge in [0.15, 0.2) is 17.3 Å². The maximum atomic E-state index is 13.8. The summed E-state index contributed by atoms with van der Waals surface area (Å²) in [6, 6.07) is 6.77. The third-order valence-electron chi connectivity index (χ3n) is 2.68. The van der Waals surface area contributed by atoms with Gasteiger partial charge in [0, 0.05) is 5.69 Å². The van der Waals surface area contributed by atoms with Gasteiger partial charge in [-0.25, -0.2) is 8.78 Å². The van der Waals surface area contributed by atoms with Crippen LogP contribution >= 0.6 is 11.6 Å². The molecule has 6 heteroatoms. The van der Waals surface area contributed by atoms with Crippen molar-refractivity contribution in [1.82, 2.24) is 0 Å². The fraction of sp³-hybridized carbons (Fsp3) is 0.0769. The smallest absolute Gasteiger partial charge is 0.231 e. The molecule has 1 N–H and O–H groups in total. The lowest BCUT2D eigenvalue weighted by Gasteiger charge is -2.10. The van der Waals surface area contributed by atoms with Gasteiger partial charge in [0.2, 0.25) is 6.79 Å². The molecule has 3 nitrogen and oxygen atoms in total. The number of hydrogen-bond acceptors (Lipinski definition) is 3. The van der Waals surface area contributed by atoms with E-state index >= 15 is 0 Å². The Bertz CT molecular complexity index is 649. The molecule has 0 aromatic heterocycles. The molecule has 1 aliphatic rings. The van der Waals surface area contributed by atoms with Gasteiger partial charge in [-0.15, -0.1) is 0 Å². The van der Waals surface area contributed by atoms with Crippen molar-refractivity contribution in [3.05, 3.63) is 47.0 Å². The summed E-state index contributed by atoms with van der Waals surface area (Å²) in [7, 11) is 0. The summed E-state index contributed by atoms with van der Waals surface area (Å²) in [5.74, 6) is -0.284. The number of rotatable bonds is 2. The second-order valence-corrected chi connectivity index (χ2v) is 4.32. The van der Waals surface area contributed by atoms with Gasteiger partial charge in [0.1, 0.15) is 11.5 Å². The Morgan fingerprint density at radius 2 is 1.84 bits per heavy atom. The van der Waals surface area contributed by atoms with Gasteiger partial charge in [-0.1, -0.05) is 11.6 Å². The van der Waals surface area contributed by atoms with E-state index in [0.717, 1.165) is 0 Å². The zero-order valence-electron chi connectivity index (χ0n) is 9.54. The van der Waals surface area contributed by atoms with E-state index in [0.29, 0.717) is 17.2 Å². The molecular formula is C13H8ClF2NO2. The molecule has 19 heavy (non-hydrogen) atoms. The first-order chi connectivity index (χ1) is 9.15. The Kier molecular flexibility index (Phi) is 2.91. The number of halogens is 3. The molecule has 0 atom stereocenters. The number of anilines is 2. The van der Waals surface area contributed by atoms with Gasteiger partial charge in [-0.3, -0.25) is 0 Å². The molecule has 2 aromatic carbocycles. The first kappa shape index (κ1) is 12.0. The Labute approximate surface area is 112 Å². The van der Waals surface area contributed by atoms with E-state index < -0.39 is 11.6 Å². The third kappa shape index (κ3) is 2.17. The predicted octanol–water partition coefficient (Wildman–Crippen LogP) is 4.09. The molecule has 1 heterocycles. The van der Waals surface area contributed by atoms with Crippen LogP contribution in [0.2, 0.25) is 5.02 Å². The summed E-state index contributed by atoms with van der Waals surface area (Å²) < 4.78 is 37.2. The van der Waals surface area contributed by atoms with Crippen LogP contribution in [0.1, 0.15) is 0 Å². The van der Waals surface area contributed by atoms with E-state index in [-0.39, 0.29) is 17.5 Å². The molecule has 0 unspecified atom stereocenters. The van der Waals surface area contributed by atoms with Gasteiger partial charge >= 0.3 is 0 Å². The van der Waals surface area contributed by atoms with Crippen LogP contribution in [0.4, 0.5) is 20.2 Å². The third-order valence-corrected chi connectivity index (χ3v) is 2.97. The Morgan fingerprint density at radius 3 is 2.63 bits per heavy atom. The highest BCUT2D eigenvalue weighted by molar-refractivity contribution is 6.31. The molecule has 2 aromatic rings. The molecule has 0 spiro atoms. The number of hydrogen-bond donors (Lipinski definition) is 1. The van der Waals surface area contributed by atoms with E-state index in [2.05, 4.69) is 5.32 Å². The Balaban J connectivity index is 1.99. The zero-order chi connectivity index (χ0) is 13.4. The fourth-order valence-electron chi connectivity index (χ4n) is 1.78. The number of nitrogens with one attached hydrogen (secondary N) is 1. The highest BCUT2D eigenvalue weighted by Crippen LogP contribution is 2.42. The highest BCUT2D eigenvalue weighted by Gasteiger charge is 2.21. The Morgan fingerprint density at radius 1 is 1.05 bits per heavy atom. The quantitative estimate of drug-likeness (QED) is 0.900. The van der Waals surface area contributed by atoms with Crippen LogP contribution in [0, 0.1) is 11.6 Å². The summed E-state index contributed by atoms with van der Waals surface area (Å²) in [4.78, 5) is 0. The van der Waals surface area contributed by atoms with Gasteiger partial charge in [-0.05, 0) is 30.3 Å². The van der Waals surface area contributed by atoms with Crippen LogP contribution in [0.5, 0.6) is 11.5 Å². The average molecular weight is 284 g/mol. The zero-order valence-corrected chi connectivity index (χ0v) is 10.3. The normalized spacial score (nSPS) is 12.6. The summed E-state index contributed by atoms with van der Waals surface area (Å²) in [5.41, 5.74) is 0.590. The van der Waals surface area contributed by atoms with Gasteiger partial charge in [-0.2, -0.15) is 0 Å². The minimum absolute atomic E-state index is 0.0393. The van der Waals surface area contributed by atoms with E-state index in [9.17, 15) is 8.78 Å². The van der Waals surface area contributed by atoms with Crippen molar-refractivity contribution in [3.63, 3.8) is 0 Å². The number of fused-ring (bicyclic) bond motifs is 1. The predicted molar refractivity (Wildman–Crippen MR) is 67.2 cm³/mol. The summed E-state index contributed by atoms with van der Waals surface area (Å²) in [5, 5.41) is 2.76. The van der Waals surface area contributed by atoms with Crippen molar-refractivity contribution < 1.29 is 18.3 Å². The fourth-order valence-corrected chi connectivity index (χ4v) is 1.96. The van der Waals surface area contributed by atoms with E-state index in [1.165, 1.54) is 30.3 Å². The van der Waals surface area contributed by atoms with E-state index in [1.54, 1.807) is 0 Å². The summed E-state index contributed by atoms with van der Waals surface area (Å²) >= 11 is 5.67. The average Bonchev–Trinajstić information content (AvgIpc) is 2.86. The molecule has 3 rings (SSSR count). The molecule has 0 bridgehead atoms. The molecular weight excluding hydrogens is 276 g/mol. The summed E-state index contributed by atoms with van der Waals surface area (Å²) in [6.07, 6.45) is 0. The van der Waals surface area contributed by atoms with Crippen LogP contribution in [0.25, 0.3) is 0 Å². The number of benzene rings is 2. The van der Waals surface area contributed by atoms with Crippen molar-refractivity contribution in [2.75, 3.05) is 12.1 Å². The molecule has 0 amide bonds. The van der Waals surface area contributed by atoms with E-state index in [1.807, 2.05) is 0 Å². The first-order valence-electron chi connectivity index (χ1n) is 5.45. The molecule has 0 aliphatic carbocycles. The minimum atomic E-state index is -0.537. The lowest BCUT2D eigenvalue weighted by molar-refractivity contribution is 0.174. The molecule has 98 valence electrons. The summed E-state index contributed by atoms with van der Waals surface area (Å²) in [6.45, 7) is 0.0393. The topological polar surface area (TPSA) is 30.5 Å². The van der Waals surface area contributed by atoms with Gasteiger partial charge in [0.05, 0.1) is 5.02 Å². The lowest BCUT2D eigenvalue weighted by atomic mass is 10.2. The SMILES string of the molecule is Fc1ccc(Nc2c(F)ccc3c2OCO3)cc1Cl.